The Bertz CT molecular complexity index is 566. The van der Waals surface area contributed by atoms with Gasteiger partial charge in [0.05, 0.1) is 6.04 Å². The number of anilines is 1. The number of para-hydroxylation sites is 1. The molecule has 0 saturated heterocycles. The highest BCUT2D eigenvalue weighted by atomic mass is 15.0. The van der Waals surface area contributed by atoms with E-state index < -0.39 is 0 Å². The van der Waals surface area contributed by atoms with Crippen LogP contribution in [0, 0.1) is 0 Å². The van der Waals surface area contributed by atoms with E-state index in [-0.39, 0.29) is 5.41 Å². The van der Waals surface area contributed by atoms with E-state index in [1.165, 1.54) is 22.6 Å². The van der Waals surface area contributed by atoms with Crippen molar-refractivity contribution in [3.05, 3.63) is 53.3 Å². The van der Waals surface area contributed by atoms with Gasteiger partial charge in [-0.1, -0.05) is 39.0 Å². The van der Waals surface area contributed by atoms with Gasteiger partial charge in [0.15, 0.2) is 0 Å². The van der Waals surface area contributed by atoms with Gasteiger partial charge in [0, 0.05) is 22.5 Å². The van der Waals surface area contributed by atoms with E-state index in [4.69, 9.17) is 0 Å². The Morgan fingerprint density at radius 3 is 2.56 bits per heavy atom. The van der Waals surface area contributed by atoms with Crippen LogP contribution in [0.25, 0.3) is 0 Å². The van der Waals surface area contributed by atoms with Crippen LogP contribution in [-0.4, -0.2) is 4.98 Å². The van der Waals surface area contributed by atoms with Gasteiger partial charge in [-0.15, -0.1) is 0 Å². The Balaban J connectivity index is 2.01. The largest absolute Gasteiger partial charge is 0.376 e. The summed E-state index contributed by atoms with van der Waals surface area (Å²) in [6, 6.07) is 13.3. The number of fused-ring (bicyclic) bond motifs is 1. The summed E-state index contributed by atoms with van der Waals surface area (Å²) in [6.07, 6.45) is 1.06. The molecule has 1 aromatic heterocycles. The lowest BCUT2D eigenvalue weighted by molar-refractivity contribution is 0.467. The van der Waals surface area contributed by atoms with E-state index in [1.54, 1.807) is 0 Å². The fourth-order valence-electron chi connectivity index (χ4n) is 2.96. The first-order chi connectivity index (χ1) is 8.63. The third kappa shape index (κ3) is 1.56. The summed E-state index contributed by atoms with van der Waals surface area (Å²) in [5.41, 5.74) is 5.38. The third-order valence-electron chi connectivity index (χ3n) is 4.10. The SMILES string of the molecule is CCc1ccc(C2Nc3ccccc3C2(C)C)[nH]1. The van der Waals surface area contributed by atoms with Crippen LogP contribution in [0.2, 0.25) is 0 Å². The molecular formula is C16H20N2. The molecule has 18 heavy (non-hydrogen) atoms. The van der Waals surface area contributed by atoms with E-state index >= 15 is 0 Å². The van der Waals surface area contributed by atoms with Gasteiger partial charge in [0.1, 0.15) is 0 Å². The molecule has 0 saturated carbocycles. The highest BCUT2D eigenvalue weighted by molar-refractivity contribution is 5.62. The van der Waals surface area contributed by atoms with Crippen LogP contribution in [-0.2, 0) is 11.8 Å². The van der Waals surface area contributed by atoms with Gasteiger partial charge in [-0.05, 0) is 30.2 Å². The molecule has 1 aliphatic heterocycles. The zero-order valence-corrected chi connectivity index (χ0v) is 11.2. The lowest BCUT2D eigenvalue weighted by atomic mass is 9.79. The van der Waals surface area contributed by atoms with Crippen molar-refractivity contribution in [3.8, 4) is 0 Å². The number of hydrogen-bond acceptors (Lipinski definition) is 1. The number of rotatable bonds is 2. The molecule has 0 radical (unpaired) electrons. The second kappa shape index (κ2) is 3.91. The second-order valence-electron chi connectivity index (χ2n) is 5.64. The number of aromatic nitrogens is 1. The summed E-state index contributed by atoms with van der Waals surface area (Å²) in [5.74, 6) is 0. The van der Waals surface area contributed by atoms with E-state index in [9.17, 15) is 0 Å². The van der Waals surface area contributed by atoms with Crippen molar-refractivity contribution in [3.63, 3.8) is 0 Å². The fourth-order valence-corrected chi connectivity index (χ4v) is 2.96. The molecule has 94 valence electrons. The monoisotopic (exact) mass is 240 g/mol. The molecular weight excluding hydrogens is 220 g/mol. The lowest BCUT2D eigenvalue weighted by Gasteiger charge is -2.27. The van der Waals surface area contributed by atoms with Gasteiger partial charge in [0.2, 0.25) is 0 Å². The van der Waals surface area contributed by atoms with Gasteiger partial charge < -0.3 is 10.3 Å². The molecule has 3 rings (SSSR count). The van der Waals surface area contributed by atoms with Crippen LogP contribution in [0.15, 0.2) is 36.4 Å². The van der Waals surface area contributed by atoms with Crippen molar-refractivity contribution in [1.29, 1.82) is 0 Å². The van der Waals surface area contributed by atoms with E-state index in [2.05, 4.69) is 67.5 Å². The predicted molar refractivity (Wildman–Crippen MR) is 76.0 cm³/mol. The Labute approximate surface area is 108 Å². The number of hydrogen-bond donors (Lipinski definition) is 2. The quantitative estimate of drug-likeness (QED) is 0.815. The van der Waals surface area contributed by atoms with Gasteiger partial charge in [-0.25, -0.2) is 0 Å². The Morgan fingerprint density at radius 1 is 1.11 bits per heavy atom. The zero-order chi connectivity index (χ0) is 12.8. The van der Waals surface area contributed by atoms with Crippen LogP contribution in [0.4, 0.5) is 5.69 Å². The van der Waals surface area contributed by atoms with Crippen molar-refractivity contribution < 1.29 is 0 Å². The molecule has 0 amide bonds. The predicted octanol–water partition coefficient (Wildman–Crippen LogP) is 4.02. The summed E-state index contributed by atoms with van der Waals surface area (Å²) in [6.45, 7) is 6.80. The van der Waals surface area contributed by atoms with Gasteiger partial charge in [0.25, 0.3) is 0 Å². The molecule has 0 spiro atoms. The first-order valence-corrected chi connectivity index (χ1v) is 6.66. The van der Waals surface area contributed by atoms with Crippen LogP contribution < -0.4 is 5.32 Å². The summed E-state index contributed by atoms with van der Waals surface area (Å²) in [5, 5.41) is 3.65. The van der Waals surface area contributed by atoms with Gasteiger partial charge in [-0.2, -0.15) is 0 Å². The first-order valence-electron chi connectivity index (χ1n) is 6.66. The summed E-state index contributed by atoms with van der Waals surface area (Å²) < 4.78 is 0. The number of aromatic amines is 1. The molecule has 2 aromatic rings. The molecule has 2 heteroatoms. The van der Waals surface area contributed by atoms with E-state index in [0.717, 1.165) is 6.42 Å². The van der Waals surface area contributed by atoms with Crippen molar-refractivity contribution in [2.24, 2.45) is 0 Å². The summed E-state index contributed by atoms with van der Waals surface area (Å²) >= 11 is 0. The van der Waals surface area contributed by atoms with E-state index in [0.29, 0.717) is 6.04 Å². The average molecular weight is 240 g/mol. The summed E-state index contributed by atoms with van der Waals surface area (Å²) in [4.78, 5) is 3.53. The van der Waals surface area contributed by atoms with Crippen LogP contribution in [0.5, 0.6) is 0 Å². The highest BCUT2D eigenvalue weighted by Crippen LogP contribution is 2.47. The van der Waals surface area contributed by atoms with Crippen molar-refractivity contribution in [1.82, 2.24) is 4.98 Å². The number of H-pyrrole nitrogens is 1. The maximum atomic E-state index is 3.65. The van der Waals surface area contributed by atoms with Gasteiger partial charge in [-0.3, -0.25) is 0 Å². The van der Waals surface area contributed by atoms with Gasteiger partial charge >= 0.3 is 0 Å². The second-order valence-corrected chi connectivity index (χ2v) is 5.64. The minimum absolute atomic E-state index is 0.118. The smallest absolute Gasteiger partial charge is 0.0755 e. The molecule has 0 fully saturated rings. The molecule has 1 aromatic carbocycles. The number of aryl methyl sites for hydroxylation is 1. The maximum absolute atomic E-state index is 3.65. The first kappa shape index (κ1) is 11.4. The molecule has 0 bridgehead atoms. The number of benzene rings is 1. The molecule has 1 unspecified atom stereocenters. The number of nitrogens with one attached hydrogen (secondary N) is 2. The standard InChI is InChI=1S/C16H20N2/c1-4-11-9-10-14(17-11)15-16(2,3)12-7-5-6-8-13(12)18-15/h5-10,15,17-18H,4H2,1-3H3. The molecule has 2 nitrogen and oxygen atoms in total. The van der Waals surface area contributed by atoms with Crippen molar-refractivity contribution >= 4 is 5.69 Å². The molecule has 0 aliphatic carbocycles. The Hall–Kier alpha value is -1.70. The zero-order valence-electron chi connectivity index (χ0n) is 11.2. The summed E-state index contributed by atoms with van der Waals surface area (Å²) in [7, 11) is 0. The normalized spacial score (nSPS) is 20.5. The minimum atomic E-state index is 0.118. The van der Waals surface area contributed by atoms with E-state index in [1.807, 2.05) is 0 Å². The topological polar surface area (TPSA) is 27.8 Å². The van der Waals surface area contributed by atoms with Crippen LogP contribution in [0.1, 0.15) is 43.8 Å². The molecule has 1 atom stereocenters. The Morgan fingerprint density at radius 2 is 1.89 bits per heavy atom. The Kier molecular flexibility index (Phi) is 2.47. The lowest BCUT2D eigenvalue weighted by Crippen LogP contribution is -2.25. The average Bonchev–Trinajstić information content (AvgIpc) is 2.93. The maximum Gasteiger partial charge on any atom is 0.0755 e. The molecule has 2 N–H and O–H groups in total. The van der Waals surface area contributed by atoms with Crippen LogP contribution >= 0.6 is 0 Å². The third-order valence-corrected chi connectivity index (χ3v) is 4.10. The molecule has 1 aliphatic rings. The highest BCUT2D eigenvalue weighted by Gasteiger charge is 2.40. The minimum Gasteiger partial charge on any atom is -0.376 e. The van der Waals surface area contributed by atoms with Crippen molar-refractivity contribution in [2.45, 2.75) is 38.6 Å². The fraction of sp³-hybridized carbons (Fsp3) is 0.375. The van der Waals surface area contributed by atoms with Crippen LogP contribution in [0.3, 0.4) is 0 Å². The molecule has 2 heterocycles. The van der Waals surface area contributed by atoms with Crippen molar-refractivity contribution in [2.75, 3.05) is 5.32 Å².